The first-order chi connectivity index (χ1) is 9.49. The third-order valence-electron chi connectivity index (χ3n) is 3.47. The van der Waals surface area contributed by atoms with Crippen LogP contribution in [0.5, 0.6) is 0 Å². The molecule has 0 amide bonds. The molecule has 108 valence electrons. The molecule has 0 aliphatic rings. The van der Waals surface area contributed by atoms with Gasteiger partial charge in [-0.15, -0.1) is 0 Å². The Balaban J connectivity index is 0.00000220. The number of benzene rings is 2. The van der Waals surface area contributed by atoms with Crippen molar-refractivity contribution >= 4 is 20.9 Å². The summed E-state index contributed by atoms with van der Waals surface area (Å²) in [4.78, 5) is -0.0131. The fourth-order valence-corrected chi connectivity index (χ4v) is 3.71. The number of hydrogen-bond donors (Lipinski definition) is 0. The van der Waals surface area contributed by atoms with Crippen LogP contribution >= 0.6 is 0 Å². The number of hydrogen-bond acceptors (Lipinski definition) is 3. The van der Waals surface area contributed by atoms with E-state index in [1.807, 2.05) is 25.1 Å². The quantitative estimate of drug-likeness (QED) is 0.597. The van der Waals surface area contributed by atoms with Crippen LogP contribution in [0, 0.1) is 0 Å². The normalized spacial score (nSPS) is 11.4. The molecule has 0 unspecified atom stereocenters. The third-order valence-corrected chi connectivity index (χ3v) is 4.43. The van der Waals surface area contributed by atoms with Gasteiger partial charge in [-0.1, -0.05) is 57.0 Å². The molecule has 0 spiro atoms. The van der Waals surface area contributed by atoms with Crippen LogP contribution in [0.4, 0.5) is 0 Å². The van der Waals surface area contributed by atoms with Gasteiger partial charge in [-0.2, -0.15) is 0 Å². The molecule has 0 atom stereocenters. The van der Waals surface area contributed by atoms with Gasteiger partial charge in [-0.05, 0) is 34.7 Å². The van der Waals surface area contributed by atoms with Crippen molar-refractivity contribution in [2.24, 2.45) is 0 Å². The van der Waals surface area contributed by atoms with E-state index >= 15 is 0 Å². The maximum absolute atomic E-state index is 11.7. The minimum atomic E-state index is -4.47. The molecule has 0 aliphatic heterocycles. The summed E-state index contributed by atoms with van der Waals surface area (Å²) in [6.07, 6.45) is 3.16. The molecule has 0 saturated carbocycles. The van der Waals surface area contributed by atoms with Crippen molar-refractivity contribution in [2.45, 2.75) is 44.4 Å². The average Bonchev–Trinajstić information content (AvgIpc) is 2.38. The van der Waals surface area contributed by atoms with E-state index in [-0.39, 0.29) is 56.3 Å². The summed E-state index contributed by atoms with van der Waals surface area (Å²) in [5, 5.41) is 1.37. The predicted octanol–water partition coefficient (Wildman–Crippen LogP) is 0.653. The third kappa shape index (κ3) is 4.38. The molecule has 0 saturated heterocycles. The monoisotopic (exact) mass is 330 g/mol. The van der Waals surface area contributed by atoms with E-state index in [0.717, 1.165) is 30.2 Å². The Morgan fingerprint density at radius 3 is 2.24 bits per heavy atom. The van der Waals surface area contributed by atoms with Gasteiger partial charge >= 0.3 is 51.4 Å². The topological polar surface area (TPSA) is 57.2 Å². The second kappa shape index (κ2) is 8.20. The van der Waals surface area contributed by atoms with Crippen LogP contribution in [0.1, 0.15) is 37.8 Å². The summed E-state index contributed by atoms with van der Waals surface area (Å²) < 4.78 is 35.2. The summed E-state index contributed by atoms with van der Waals surface area (Å²) in [7, 11) is -4.47. The number of fused-ring (bicyclic) bond motifs is 1. The largest absolute Gasteiger partial charge is 1.00 e. The van der Waals surface area contributed by atoms with Crippen LogP contribution < -0.4 is 51.4 Å². The summed E-state index contributed by atoms with van der Waals surface area (Å²) >= 11 is 0. The molecular formula is C16H19KO3S. The van der Waals surface area contributed by atoms with Gasteiger partial charge in [0.2, 0.25) is 0 Å². The SMILES string of the molecule is CCCc1cc2ccccc2c(S(=O)(=O)[O-])c1CCC.[K+]. The Morgan fingerprint density at radius 1 is 1.05 bits per heavy atom. The van der Waals surface area contributed by atoms with Crippen LogP contribution in [0.2, 0.25) is 0 Å². The van der Waals surface area contributed by atoms with E-state index in [0.29, 0.717) is 17.4 Å². The molecule has 0 aliphatic carbocycles. The molecule has 0 bridgehead atoms. The Hall–Kier alpha value is 0.246. The van der Waals surface area contributed by atoms with Crippen LogP contribution in [0.25, 0.3) is 10.8 Å². The average molecular weight is 330 g/mol. The van der Waals surface area contributed by atoms with Crippen LogP contribution in [0.15, 0.2) is 35.2 Å². The molecule has 0 radical (unpaired) electrons. The minimum Gasteiger partial charge on any atom is -0.744 e. The molecule has 2 rings (SSSR count). The first-order valence-corrected chi connectivity index (χ1v) is 8.39. The fraction of sp³-hybridized carbons (Fsp3) is 0.375. The summed E-state index contributed by atoms with van der Waals surface area (Å²) in [5.74, 6) is 0. The van der Waals surface area contributed by atoms with Crippen molar-refractivity contribution < 1.29 is 64.4 Å². The number of aryl methyl sites for hydroxylation is 1. The zero-order valence-corrected chi connectivity index (χ0v) is 16.8. The van der Waals surface area contributed by atoms with Gasteiger partial charge < -0.3 is 4.55 Å². The molecule has 3 nitrogen and oxygen atoms in total. The van der Waals surface area contributed by atoms with E-state index in [4.69, 9.17) is 0 Å². The van der Waals surface area contributed by atoms with Gasteiger partial charge in [-0.25, -0.2) is 8.42 Å². The van der Waals surface area contributed by atoms with Crippen molar-refractivity contribution in [2.75, 3.05) is 0 Å². The smallest absolute Gasteiger partial charge is 0.744 e. The Morgan fingerprint density at radius 2 is 1.67 bits per heavy atom. The molecular weight excluding hydrogens is 311 g/mol. The second-order valence-electron chi connectivity index (χ2n) is 5.02. The Kier molecular flexibility index (Phi) is 7.53. The standard InChI is InChI=1S/C16H20O3S.K/c1-3-7-12-11-13-9-5-6-10-15(13)16(20(17,18)19)14(12)8-4-2;/h5-6,9-11H,3-4,7-8H2,1-2H3,(H,17,18,19);/q;+1/p-1. The van der Waals surface area contributed by atoms with Crippen molar-refractivity contribution in [3.63, 3.8) is 0 Å². The number of rotatable bonds is 5. The van der Waals surface area contributed by atoms with Crippen molar-refractivity contribution in [3.05, 3.63) is 41.5 Å². The maximum Gasteiger partial charge on any atom is 1.00 e. The van der Waals surface area contributed by atoms with Gasteiger partial charge in [0.05, 0.1) is 4.90 Å². The molecule has 2 aromatic rings. The summed E-state index contributed by atoms with van der Waals surface area (Å²) in [6.45, 7) is 4.04. The van der Waals surface area contributed by atoms with Gasteiger partial charge in [0.25, 0.3) is 0 Å². The molecule has 2 aromatic carbocycles. The zero-order chi connectivity index (χ0) is 14.8. The fourth-order valence-electron chi connectivity index (χ4n) is 2.71. The Labute approximate surface area is 169 Å². The Bertz CT molecular complexity index is 724. The summed E-state index contributed by atoms with van der Waals surface area (Å²) in [6, 6.07) is 9.23. The zero-order valence-electron chi connectivity index (χ0n) is 12.8. The maximum atomic E-state index is 11.7. The molecule has 0 fully saturated rings. The van der Waals surface area contributed by atoms with E-state index in [1.165, 1.54) is 0 Å². The van der Waals surface area contributed by atoms with Crippen molar-refractivity contribution in [1.29, 1.82) is 0 Å². The van der Waals surface area contributed by atoms with Crippen LogP contribution in [-0.4, -0.2) is 13.0 Å². The molecule has 5 heteroatoms. The molecule has 0 N–H and O–H groups in total. The van der Waals surface area contributed by atoms with Crippen molar-refractivity contribution in [1.82, 2.24) is 0 Å². The molecule has 21 heavy (non-hydrogen) atoms. The van der Waals surface area contributed by atoms with E-state index in [9.17, 15) is 13.0 Å². The second-order valence-corrected chi connectivity index (χ2v) is 6.34. The van der Waals surface area contributed by atoms with Gasteiger partial charge in [0.1, 0.15) is 10.1 Å². The van der Waals surface area contributed by atoms with E-state index < -0.39 is 10.1 Å². The minimum absolute atomic E-state index is 0. The van der Waals surface area contributed by atoms with Gasteiger partial charge in [0, 0.05) is 0 Å². The van der Waals surface area contributed by atoms with Gasteiger partial charge in [0.15, 0.2) is 0 Å². The van der Waals surface area contributed by atoms with Crippen LogP contribution in [-0.2, 0) is 23.0 Å². The van der Waals surface area contributed by atoms with E-state index in [2.05, 4.69) is 6.92 Å². The first-order valence-electron chi connectivity index (χ1n) is 6.98. The van der Waals surface area contributed by atoms with Crippen molar-refractivity contribution in [3.8, 4) is 0 Å². The predicted molar refractivity (Wildman–Crippen MR) is 79.9 cm³/mol. The van der Waals surface area contributed by atoms with Crippen LogP contribution in [0.3, 0.4) is 0 Å². The first kappa shape index (κ1) is 19.3. The van der Waals surface area contributed by atoms with Gasteiger partial charge in [-0.3, -0.25) is 0 Å². The molecule has 0 aromatic heterocycles. The van der Waals surface area contributed by atoms with E-state index in [1.54, 1.807) is 12.1 Å². The molecule has 0 heterocycles. The summed E-state index contributed by atoms with van der Waals surface area (Å²) in [5.41, 5.74) is 1.70.